The molecule has 2 fully saturated rings. The van der Waals surface area contributed by atoms with Crippen LogP contribution >= 0.6 is 0 Å². The van der Waals surface area contributed by atoms with Crippen LogP contribution in [0.2, 0.25) is 0 Å². The van der Waals surface area contributed by atoms with Crippen LogP contribution in [0.5, 0.6) is 0 Å². The van der Waals surface area contributed by atoms with Gasteiger partial charge in [-0.1, -0.05) is 0 Å². The second kappa shape index (κ2) is 4.76. The normalized spacial score (nSPS) is 30.6. The Morgan fingerprint density at radius 3 is 3.11 bits per heavy atom. The number of fused-ring (bicyclic) bond motifs is 1. The molecular weight excluding hydrogens is 226 g/mol. The lowest BCUT2D eigenvalue weighted by Crippen LogP contribution is -2.24. The summed E-state index contributed by atoms with van der Waals surface area (Å²) in [5, 5.41) is 13.2. The Labute approximate surface area is 108 Å². The van der Waals surface area contributed by atoms with E-state index in [4.69, 9.17) is 0 Å². The standard InChI is InChI=1S/C14H21N3O/c1-2-15-14-7-11(5-6-16-14)17-8-10-3-4-13(18)12(10)9-17/h5-7,10,12-13,18H,2-4,8-9H2,1H3,(H,15,16). The molecule has 1 aliphatic heterocycles. The highest BCUT2D eigenvalue weighted by molar-refractivity contribution is 5.54. The van der Waals surface area contributed by atoms with E-state index < -0.39 is 0 Å². The highest BCUT2D eigenvalue weighted by Crippen LogP contribution is 2.39. The van der Waals surface area contributed by atoms with Crippen LogP contribution in [0.15, 0.2) is 18.3 Å². The quantitative estimate of drug-likeness (QED) is 0.854. The lowest BCUT2D eigenvalue weighted by molar-refractivity contribution is 0.133. The van der Waals surface area contributed by atoms with E-state index in [1.807, 2.05) is 6.20 Å². The minimum absolute atomic E-state index is 0.0879. The fourth-order valence-electron chi connectivity index (χ4n) is 3.34. The first-order valence-electron chi connectivity index (χ1n) is 6.91. The summed E-state index contributed by atoms with van der Waals surface area (Å²) in [6.07, 6.45) is 3.93. The monoisotopic (exact) mass is 247 g/mol. The number of hydrogen-bond acceptors (Lipinski definition) is 4. The van der Waals surface area contributed by atoms with Crippen LogP contribution in [0.25, 0.3) is 0 Å². The molecule has 3 atom stereocenters. The molecular formula is C14H21N3O. The smallest absolute Gasteiger partial charge is 0.127 e. The van der Waals surface area contributed by atoms with Crippen molar-refractivity contribution in [2.24, 2.45) is 11.8 Å². The molecule has 0 radical (unpaired) electrons. The Kier molecular flexibility index (Phi) is 3.12. The van der Waals surface area contributed by atoms with Crippen molar-refractivity contribution >= 4 is 11.5 Å². The van der Waals surface area contributed by atoms with E-state index in [2.05, 4.69) is 34.3 Å². The molecule has 18 heavy (non-hydrogen) atoms. The number of hydrogen-bond donors (Lipinski definition) is 2. The molecule has 0 spiro atoms. The summed E-state index contributed by atoms with van der Waals surface area (Å²) in [4.78, 5) is 6.69. The topological polar surface area (TPSA) is 48.4 Å². The van der Waals surface area contributed by atoms with Gasteiger partial charge in [-0.15, -0.1) is 0 Å². The van der Waals surface area contributed by atoms with Gasteiger partial charge in [-0.05, 0) is 31.7 Å². The Morgan fingerprint density at radius 1 is 1.44 bits per heavy atom. The molecule has 0 aromatic carbocycles. The summed E-state index contributed by atoms with van der Waals surface area (Å²) in [5.41, 5.74) is 1.22. The lowest BCUT2D eigenvalue weighted by Gasteiger charge is -2.21. The Morgan fingerprint density at radius 2 is 2.33 bits per heavy atom. The van der Waals surface area contributed by atoms with Gasteiger partial charge in [0.2, 0.25) is 0 Å². The minimum Gasteiger partial charge on any atom is -0.393 e. The van der Waals surface area contributed by atoms with Crippen molar-refractivity contribution in [3.05, 3.63) is 18.3 Å². The summed E-state index contributed by atoms with van der Waals surface area (Å²) >= 11 is 0. The zero-order valence-electron chi connectivity index (χ0n) is 10.8. The summed E-state index contributed by atoms with van der Waals surface area (Å²) in [6, 6.07) is 4.17. The molecule has 98 valence electrons. The van der Waals surface area contributed by atoms with Crippen LogP contribution in [0.1, 0.15) is 19.8 Å². The lowest BCUT2D eigenvalue weighted by atomic mass is 10.00. The molecule has 1 aromatic rings. The van der Waals surface area contributed by atoms with E-state index in [9.17, 15) is 5.11 Å². The van der Waals surface area contributed by atoms with Gasteiger partial charge < -0.3 is 15.3 Å². The van der Waals surface area contributed by atoms with Gasteiger partial charge in [0.25, 0.3) is 0 Å². The van der Waals surface area contributed by atoms with Crippen LogP contribution in [0.3, 0.4) is 0 Å². The minimum atomic E-state index is -0.0879. The zero-order chi connectivity index (χ0) is 12.5. The predicted octanol–water partition coefficient (Wildman–Crippen LogP) is 1.72. The predicted molar refractivity (Wildman–Crippen MR) is 72.8 cm³/mol. The molecule has 4 heteroatoms. The van der Waals surface area contributed by atoms with Crippen molar-refractivity contribution in [1.82, 2.24) is 4.98 Å². The van der Waals surface area contributed by atoms with E-state index in [-0.39, 0.29) is 6.10 Å². The third kappa shape index (κ3) is 2.05. The molecule has 4 nitrogen and oxygen atoms in total. The molecule has 3 rings (SSSR count). The molecule has 3 unspecified atom stereocenters. The zero-order valence-corrected chi connectivity index (χ0v) is 10.8. The molecule has 1 saturated heterocycles. The van der Waals surface area contributed by atoms with Gasteiger partial charge in [0.05, 0.1) is 6.10 Å². The number of nitrogens with zero attached hydrogens (tertiary/aromatic N) is 2. The van der Waals surface area contributed by atoms with E-state index >= 15 is 0 Å². The average Bonchev–Trinajstić information content (AvgIpc) is 2.93. The fourth-order valence-corrected chi connectivity index (χ4v) is 3.34. The second-order valence-corrected chi connectivity index (χ2v) is 5.40. The Hall–Kier alpha value is -1.29. The van der Waals surface area contributed by atoms with Crippen molar-refractivity contribution in [1.29, 1.82) is 0 Å². The van der Waals surface area contributed by atoms with Crippen molar-refractivity contribution in [2.75, 3.05) is 29.9 Å². The number of aliphatic hydroxyl groups is 1. The third-order valence-corrected chi connectivity index (χ3v) is 4.29. The van der Waals surface area contributed by atoms with Gasteiger partial charge in [-0.25, -0.2) is 4.98 Å². The van der Waals surface area contributed by atoms with Crippen molar-refractivity contribution in [3.63, 3.8) is 0 Å². The summed E-state index contributed by atoms with van der Waals surface area (Å²) in [5.74, 6) is 2.09. The first-order chi connectivity index (χ1) is 8.78. The van der Waals surface area contributed by atoms with E-state index in [0.29, 0.717) is 11.8 Å². The largest absolute Gasteiger partial charge is 0.393 e. The molecule has 1 saturated carbocycles. The van der Waals surface area contributed by atoms with Gasteiger partial charge in [0.15, 0.2) is 0 Å². The number of nitrogens with one attached hydrogen (secondary N) is 1. The molecule has 2 aliphatic rings. The number of pyridine rings is 1. The molecule has 1 aliphatic carbocycles. The van der Waals surface area contributed by atoms with Gasteiger partial charge in [0, 0.05) is 43.5 Å². The SMILES string of the molecule is CCNc1cc(N2CC3CCC(O)C3C2)ccn1. The van der Waals surface area contributed by atoms with E-state index in [0.717, 1.165) is 31.9 Å². The third-order valence-electron chi connectivity index (χ3n) is 4.29. The molecule has 1 aromatic heterocycles. The van der Waals surface area contributed by atoms with Gasteiger partial charge in [-0.2, -0.15) is 0 Å². The van der Waals surface area contributed by atoms with Gasteiger partial charge >= 0.3 is 0 Å². The number of rotatable bonds is 3. The number of aromatic nitrogens is 1. The first-order valence-corrected chi connectivity index (χ1v) is 6.91. The maximum Gasteiger partial charge on any atom is 0.127 e. The van der Waals surface area contributed by atoms with E-state index in [1.54, 1.807) is 0 Å². The van der Waals surface area contributed by atoms with Crippen LogP contribution < -0.4 is 10.2 Å². The van der Waals surface area contributed by atoms with Crippen molar-refractivity contribution in [3.8, 4) is 0 Å². The Bertz CT molecular complexity index is 423. The highest BCUT2D eigenvalue weighted by atomic mass is 16.3. The maximum absolute atomic E-state index is 9.95. The molecule has 2 N–H and O–H groups in total. The van der Waals surface area contributed by atoms with Gasteiger partial charge in [-0.3, -0.25) is 0 Å². The molecule has 0 amide bonds. The average molecular weight is 247 g/mol. The van der Waals surface area contributed by atoms with Crippen LogP contribution in [0, 0.1) is 11.8 Å². The molecule has 2 heterocycles. The summed E-state index contributed by atoms with van der Waals surface area (Å²) in [7, 11) is 0. The number of anilines is 2. The second-order valence-electron chi connectivity index (χ2n) is 5.40. The Balaban J connectivity index is 1.74. The maximum atomic E-state index is 9.95. The first kappa shape index (κ1) is 11.8. The van der Waals surface area contributed by atoms with Crippen LogP contribution in [-0.4, -0.2) is 35.8 Å². The van der Waals surface area contributed by atoms with Crippen LogP contribution in [0.4, 0.5) is 11.5 Å². The van der Waals surface area contributed by atoms with Crippen molar-refractivity contribution in [2.45, 2.75) is 25.9 Å². The van der Waals surface area contributed by atoms with Gasteiger partial charge in [0.1, 0.15) is 5.82 Å². The highest BCUT2D eigenvalue weighted by Gasteiger charge is 2.41. The van der Waals surface area contributed by atoms with E-state index in [1.165, 1.54) is 12.1 Å². The van der Waals surface area contributed by atoms with Crippen molar-refractivity contribution < 1.29 is 5.11 Å². The van der Waals surface area contributed by atoms with Crippen LogP contribution in [-0.2, 0) is 0 Å². The molecule has 0 bridgehead atoms. The fraction of sp³-hybridized carbons (Fsp3) is 0.643. The summed E-state index contributed by atoms with van der Waals surface area (Å²) < 4.78 is 0. The number of aliphatic hydroxyl groups excluding tert-OH is 1. The summed E-state index contributed by atoms with van der Waals surface area (Å²) in [6.45, 7) is 5.03.